The molecule has 1 amide bonds. The van der Waals surface area contributed by atoms with Crippen LogP contribution in [0.3, 0.4) is 0 Å². The van der Waals surface area contributed by atoms with E-state index in [0.717, 1.165) is 43.3 Å². The quantitative estimate of drug-likeness (QED) is 0.735. The summed E-state index contributed by atoms with van der Waals surface area (Å²) in [6, 6.07) is 2.08. The molecule has 29 heavy (non-hydrogen) atoms. The highest BCUT2D eigenvalue weighted by atomic mass is 16.2. The van der Waals surface area contributed by atoms with Crippen LogP contribution in [0.5, 0.6) is 0 Å². The van der Waals surface area contributed by atoms with Crippen LogP contribution in [-0.4, -0.2) is 45.0 Å². The summed E-state index contributed by atoms with van der Waals surface area (Å²) in [5, 5.41) is 4.08. The highest BCUT2D eigenvalue weighted by Gasteiger charge is 2.24. The van der Waals surface area contributed by atoms with Crippen molar-refractivity contribution in [1.29, 1.82) is 0 Å². The Morgan fingerprint density at radius 3 is 2.52 bits per heavy atom. The van der Waals surface area contributed by atoms with Crippen LogP contribution in [0.2, 0.25) is 0 Å². The van der Waals surface area contributed by atoms with Gasteiger partial charge in [0.25, 0.3) is 5.56 Å². The maximum Gasteiger partial charge on any atom is 0.255 e. The van der Waals surface area contributed by atoms with E-state index in [0.29, 0.717) is 43.1 Å². The van der Waals surface area contributed by atoms with Crippen molar-refractivity contribution in [1.82, 2.24) is 19.4 Å². The van der Waals surface area contributed by atoms with E-state index in [2.05, 4.69) is 15.3 Å². The monoisotopic (exact) mass is 399 g/mol. The lowest BCUT2D eigenvalue weighted by molar-refractivity contribution is -0.130. The Bertz CT molecular complexity index is 927. The Morgan fingerprint density at radius 1 is 1.21 bits per heavy atom. The van der Waals surface area contributed by atoms with Gasteiger partial charge in [-0.25, -0.2) is 4.98 Å². The second kappa shape index (κ2) is 9.37. The molecule has 0 bridgehead atoms. The molecular weight excluding hydrogens is 366 g/mol. The average Bonchev–Trinajstić information content (AvgIpc) is 3.22. The number of carbonyl (C=O) groups excluding carboxylic acids is 1. The fourth-order valence-corrected chi connectivity index (χ4v) is 4.30. The van der Waals surface area contributed by atoms with Gasteiger partial charge in [-0.2, -0.15) is 4.98 Å². The van der Waals surface area contributed by atoms with Gasteiger partial charge in [0, 0.05) is 43.0 Å². The normalized spacial score (nSPS) is 14.5. The highest BCUT2D eigenvalue weighted by molar-refractivity contribution is 5.80. The Balaban J connectivity index is 2.06. The van der Waals surface area contributed by atoms with Crippen molar-refractivity contribution < 1.29 is 4.79 Å². The molecule has 1 aliphatic rings. The number of anilines is 1. The lowest BCUT2D eigenvalue weighted by Gasteiger charge is -2.20. The van der Waals surface area contributed by atoms with Crippen LogP contribution in [0.4, 0.5) is 5.95 Å². The maximum atomic E-state index is 13.4. The van der Waals surface area contributed by atoms with Crippen molar-refractivity contribution in [3.63, 3.8) is 0 Å². The first kappa shape index (κ1) is 21.3. The number of amides is 1. The SMILES string of the molecule is CCNc1nc(C)c2cc(CCC(=O)N(CC)CC)c(=O)n(C3CCCC3)c2n1. The smallest absolute Gasteiger partial charge is 0.255 e. The fraction of sp³-hybridized carbons (Fsp3) is 0.636. The minimum atomic E-state index is -0.00250. The Hall–Kier alpha value is -2.44. The van der Waals surface area contributed by atoms with Crippen LogP contribution in [-0.2, 0) is 11.2 Å². The van der Waals surface area contributed by atoms with E-state index >= 15 is 0 Å². The van der Waals surface area contributed by atoms with Gasteiger partial charge in [-0.05, 0) is 53.0 Å². The number of hydrogen-bond acceptors (Lipinski definition) is 5. The molecule has 0 aromatic carbocycles. The first-order chi connectivity index (χ1) is 14.0. The van der Waals surface area contributed by atoms with Crippen LogP contribution in [0.15, 0.2) is 10.9 Å². The summed E-state index contributed by atoms with van der Waals surface area (Å²) in [5.74, 6) is 0.658. The summed E-state index contributed by atoms with van der Waals surface area (Å²) in [6.45, 7) is 10.0. The molecule has 158 valence electrons. The second-order valence-corrected chi connectivity index (χ2v) is 7.75. The number of fused-ring (bicyclic) bond motifs is 1. The van der Waals surface area contributed by atoms with Crippen molar-refractivity contribution in [3.05, 3.63) is 27.7 Å². The van der Waals surface area contributed by atoms with E-state index in [4.69, 9.17) is 0 Å². The van der Waals surface area contributed by atoms with E-state index in [1.807, 2.05) is 43.2 Å². The van der Waals surface area contributed by atoms with Crippen molar-refractivity contribution in [3.8, 4) is 0 Å². The summed E-state index contributed by atoms with van der Waals surface area (Å²) in [4.78, 5) is 37.0. The molecule has 1 aliphatic carbocycles. The van der Waals surface area contributed by atoms with Crippen molar-refractivity contribution in [2.45, 2.75) is 72.3 Å². The third-order valence-corrected chi connectivity index (χ3v) is 5.91. The molecule has 0 saturated heterocycles. The topological polar surface area (TPSA) is 80.1 Å². The summed E-state index contributed by atoms with van der Waals surface area (Å²) < 4.78 is 1.88. The standard InChI is InChI=1S/C22H33N5O2/c1-5-23-22-24-15(4)18-14-16(12-13-19(28)26(6-2)7-3)21(29)27(20(18)25-22)17-10-8-9-11-17/h14,17H,5-13H2,1-4H3,(H,23,24,25). The zero-order chi connectivity index (χ0) is 21.0. The summed E-state index contributed by atoms with van der Waals surface area (Å²) >= 11 is 0. The van der Waals surface area contributed by atoms with Crippen molar-refractivity contribution in [2.75, 3.05) is 25.0 Å². The third-order valence-electron chi connectivity index (χ3n) is 5.91. The first-order valence-electron chi connectivity index (χ1n) is 10.9. The van der Waals surface area contributed by atoms with E-state index in [1.54, 1.807) is 0 Å². The summed E-state index contributed by atoms with van der Waals surface area (Å²) in [7, 11) is 0. The predicted molar refractivity (Wildman–Crippen MR) is 116 cm³/mol. The minimum Gasteiger partial charge on any atom is -0.354 e. The van der Waals surface area contributed by atoms with Crippen molar-refractivity contribution in [2.24, 2.45) is 0 Å². The first-order valence-corrected chi connectivity index (χ1v) is 10.9. The van der Waals surface area contributed by atoms with Gasteiger partial charge in [0.15, 0.2) is 0 Å². The molecule has 2 aromatic heterocycles. The van der Waals surface area contributed by atoms with Gasteiger partial charge < -0.3 is 10.2 Å². The number of nitrogens with one attached hydrogen (secondary N) is 1. The molecule has 3 rings (SSSR count). The van der Waals surface area contributed by atoms with Gasteiger partial charge >= 0.3 is 0 Å². The molecule has 0 radical (unpaired) electrons. The number of pyridine rings is 1. The molecular formula is C22H33N5O2. The molecule has 0 atom stereocenters. The number of rotatable bonds is 8. The number of hydrogen-bond donors (Lipinski definition) is 1. The van der Waals surface area contributed by atoms with E-state index in [9.17, 15) is 9.59 Å². The lowest BCUT2D eigenvalue weighted by Crippen LogP contribution is -2.32. The van der Waals surface area contributed by atoms with Crippen LogP contribution in [0.1, 0.15) is 70.2 Å². The Kier molecular flexibility index (Phi) is 6.87. The fourth-order valence-electron chi connectivity index (χ4n) is 4.30. The van der Waals surface area contributed by atoms with Crippen LogP contribution < -0.4 is 10.9 Å². The number of carbonyl (C=O) groups is 1. The van der Waals surface area contributed by atoms with Gasteiger partial charge in [-0.3, -0.25) is 14.2 Å². The number of nitrogens with zero attached hydrogens (tertiary/aromatic N) is 4. The van der Waals surface area contributed by atoms with Gasteiger partial charge in [0.05, 0.1) is 5.69 Å². The molecule has 2 aromatic rings. The molecule has 1 saturated carbocycles. The number of aromatic nitrogens is 3. The predicted octanol–water partition coefficient (Wildman–Crippen LogP) is 3.45. The maximum absolute atomic E-state index is 13.4. The van der Waals surface area contributed by atoms with Gasteiger partial charge in [0.1, 0.15) is 5.65 Å². The van der Waals surface area contributed by atoms with Gasteiger partial charge in [-0.15, -0.1) is 0 Å². The van der Waals surface area contributed by atoms with Crippen LogP contribution in [0.25, 0.3) is 11.0 Å². The lowest BCUT2D eigenvalue weighted by atomic mass is 10.1. The molecule has 1 N–H and O–H groups in total. The van der Waals surface area contributed by atoms with E-state index < -0.39 is 0 Å². The van der Waals surface area contributed by atoms with Crippen molar-refractivity contribution >= 4 is 22.9 Å². The van der Waals surface area contributed by atoms with E-state index in [1.165, 1.54) is 0 Å². The third kappa shape index (κ3) is 4.43. The minimum absolute atomic E-state index is 0.00250. The Labute approximate surface area is 172 Å². The van der Waals surface area contributed by atoms with Gasteiger partial charge in [0.2, 0.25) is 11.9 Å². The number of aryl methyl sites for hydroxylation is 2. The molecule has 0 spiro atoms. The second-order valence-electron chi connectivity index (χ2n) is 7.75. The largest absolute Gasteiger partial charge is 0.354 e. The molecule has 0 unspecified atom stereocenters. The molecule has 7 heteroatoms. The molecule has 2 heterocycles. The summed E-state index contributed by atoms with van der Waals surface area (Å²) in [5.41, 5.74) is 2.25. The van der Waals surface area contributed by atoms with Crippen LogP contribution in [0, 0.1) is 6.92 Å². The molecule has 7 nitrogen and oxygen atoms in total. The average molecular weight is 400 g/mol. The van der Waals surface area contributed by atoms with E-state index in [-0.39, 0.29) is 17.5 Å². The summed E-state index contributed by atoms with van der Waals surface area (Å²) in [6.07, 6.45) is 5.06. The Morgan fingerprint density at radius 2 is 1.90 bits per heavy atom. The highest BCUT2D eigenvalue weighted by Crippen LogP contribution is 2.31. The molecule has 0 aliphatic heterocycles. The van der Waals surface area contributed by atoms with Crippen LogP contribution >= 0.6 is 0 Å². The van der Waals surface area contributed by atoms with Gasteiger partial charge in [-0.1, -0.05) is 12.8 Å². The zero-order valence-electron chi connectivity index (χ0n) is 18.1. The zero-order valence-corrected chi connectivity index (χ0v) is 18.1. The molecule has 1 fully saturated rings.